The second kappa shape index (κ2) is 20.3. The van der Waals surface area contributed by atoms with Gasteiger partial charge in [-0.3, -0.25) is 4.98 Å². The van der Waals surface area contributed by atoms with Crippen LogP contribution in [0.2, 0.25) is 0 Å². The van der Waals surface area contributed by atoms with Crippen molar-refractivity contribution < 1.29 is 0 Å². The maximum atomic E-state index is 12.5. The molecule has 0 N–H and O–H groups in total. The van der Waals surface area contributed by atoms with Crippen LogP contribution in [0.3, 0.4) is 0 Å². The van der Waals surface area contributed by atoms with Crippen molar-refractivity contribution in [3.63, 3.8) is 0 Å². The molecule has 0 spiro atoms. The summed E-state index contributed by atoms with van der Waals surface area (Å²) in [4.78, 5) is 4.97. The summed E-state index contributed by atoms with van der Waals surface area (Å²) < 4.78 is 9.55. The van der Waals surface area contributed by atoms with Crippen LogP contribution in [0.1, 0.15) is 33.6 Å². The van der Waals surface area contributed by atoms with Gasteiger partial charge in [0.25, 0.3) is 0 Å². The Bertz CT molecular complexity index is 5820. The SMILES string of the molecule is Cc1ccc2c(c1)c1ccccc1n2-c1ccc(-c2c(-c3cc(C)nc(C)c3)c(C#N)c(-c3cccc4sc5ccccc5c34)c(-c3ccc(-n4c5ccccc5c5cc(C)ccc54)cc3)c2-c2ccc(-n3c4ccccc4c4cc(C)ccc43)cc2)cc1. The standard InChI is InChI=1S/C83H57N5S/c1-49-25-40-73-66(43-49)61-15-6-10-20-70(61)86(73)58-34-28-54(29-35-58)79-78(57-46-52(4)85-53(5)47-57)69(48-84)83(65-19-14-24-77-82(65)64-18-9-13-23-76(64)89-77)81(56-32-38-60(39-33-56)88-72-22-12-8-17-63(72)68-45-51(3)27-42-75(68)88)80(79)55-30-36-59(37-31-55)87-71-21-11-7-16-62(71)67-44-50(2)26-41-74(67)87/h6-47H,1-5H3. The average Bonchev–Trinajstić information content (AvgIpc) is 1.63. The molecule has 0 amide bonds. The number of hydrogen-bond donors (Lipinski definition) is 0. The van der Waals surface area contributed by atoms with Crippen LogP contribution in [0.15, 0.2) is 255 Å². The van der Waals surface area contributed by atoms with Crippen molar-refractivity contribution in [3.05, 3.63) is 288 Å². The number of rotatable bonds is 8. The fraction of sp³-hybridized carbons (Fsp3) is 0.0602. The Morgan fingerprint density at radius 1 is 0.315 bits per heavy atom. The van der Waals surface area contributed by atoms with Gasteiger partial charge in [-0.25, -0.2) is 0 Å². The molecule has 17 aromatic rings. The molecule has 5 aromatic heterocycles. The van der Waals surface area contributed by atoms with Gasteiger partial charge in [0.15, 0.2) is 0 Å². The van der Waals surface area contributed by atoms with Crippen molar-refractivity contribution in [1.82, 2.24) is 18.7 Å². The lowest BCUT2D eigenvalue weighted by atomic mass is 9.75. The molecule has 420 valence electrons. The van der Waals surface area contributed by atoms with Gasteiger partial charge in [-0.2, -0.15) is 5.26 Å². The van der Waals surface area contributed by atoms with Crippen LogP contribution in [0.4, 0.5) is 0 Å². The molecule has 0 aliphatic heterocycles. The first-order valence-corrected chi connectivity index (χ1v) is 31.3. The number of aromatic nitrogens is 4. The Morgan fingerprint density at radius 2 is 0.685 bits per heavy atom. The highest BCUT2D eigenvalue weighted by atomic mass is 32.1. The van der Waals surface area contributed by atoms with Gasteiger partial charge in [-0.05, 0) is 194 Å². The minimum Gasteiger partial charge on any atom is -0.309 e. The van der Waals surface area contributed by atoms with Crippen molar-refractivity contribution >= 4 is 96.9 Å². The van der Waals surface area contributed by atoms with Crippen molar-refractivity contribution in [3.8, 4) is 78.8 Å². The minimum absolute atomic E-state index is 0.604. The van der Waals surface area contributed by atoms with Gasteiger partial charge < -0.3 is 13.7 Å². The lowest BCUT2D eigenvalue weighted by Gasteiger charge is -2.27. The first-order chi connectivity index (χ1) is 43.6. The smallest absolute Gasteiger partial charge is 0.100 e. The van der Waals surface area contributed by atoms with Gasteiger partial charge in [-0.15, -0.1) is 11.3 Å². The molecule has 0 fully saturated rings. The molecule has 0 atom stereocenters. The number of pyridine rings is 1. The summed E-state index contributed by atoms with van der Waals surface area (Å²) in [5, 5.41) is 22.2. The normalized spacial score (nSPS) is 11.9. The van der Waals surface area contributed by atoms with E-state index in [9.17, 15) is 5.26 Å². The van der Waals surface area contributed by atoms with Crippen LogP contribution in [0.25, 0.3) is 158 Å². The van der Waals surface area contributed by atoms with E-state index in [2.05, 4.69) is 309 Å². The molecule has 0 unspecified atom stereocenters. The third-order valence-corrected chi connectivity index (χ3v) is 19.5. The van der Waals surface area contributed by atoms with E-state index in [-0.39, 0.29) is 0 Å². The number of nitriles is 1. The van der Waals surface area contributed by atoms with Crippen LogP contribution in [0.5, 0.6) is 0 Å². The summed E-state index contributed by atoms with van der Waals surface area (Å²) >= 11 is 1.80. The lowest BCUT2D eigenvalue weighted by molar-refractivity contribution is 1.12. The van der Waals surface area contributed by atoms with Crippen molar-refractivity contribution in [2.24, 2.45) is 0 Å². The zero-order chi connectivity index (χ0) is 59.8. The number of thiophene rings is 1. The highest BCUT2D eigenvalue weighted by Gasteiger charge is 2.31. The maximum absolute atomic E-state index is 12.5. The van der Waals surface area contributed by atoms with E-state index in [1.165, 1.54) is 63.8 Å². The van der Waals surface area contributed by atoms with Gasteiger partial charge in [0.1, 0.15) is 6.07 Å². The highest BCUT2D eigenvalue weighted by molar-refractivity contribution is 7.26. The molecule has 0 saturated carbocycles. The third kappa shape index (κ3) is 8.16. The summed E-state index contributed by atoms with van der Waals surface area (Å²) in [5.41, 5.74) is 25.8. The monoisotopic (exact) mass is 1160 g/mol. The number of para-hydroxylation sites is 3. The molecule has 0 radical (unpaired) electrons. The van der Waals surface area contributed by atoms with E-state index >= 15 is 0 Å². The van der Waals surface area contributed by atoms with E-state index in [1.807, 2.05) is 0 Å². The number of benzene rings is 12. The molecule has 0 bridgehead atoms. The fourth-order valence-electron chi connectivity index (χ4n) is 14.7. The maximum Gasteiger partial charge on any atom is 0.100 e. The first-order valence-electron chi connectivity index (χ1n) is 30.5. The number of aryl methyl sites for hydroxylation is 5. The second-order valence-electron chi connectivity index (χ2n) is 24.0. The van der Waals surface area contributed by atoms with Crippen LogP contribution in [-0.2, 0) is 0 Å². The summed E-state index contributed by atoms with van der Waals surface area (Å²) in [6.07, 6.45) is 0. The predicted octanol–water partition coefficient (Wildman–Crippen LogP) is 22.5. The Hall–Kier alpha value is -11.1. The number of fused-ring (bicyclic) bond motifs is 12. The minimum atomic E-state index is 0.604. The molecule has 89 heavy (non-hydrogen) atoms. The summed E-state index contributed by atoms with van der Waals surface area (Å²) in [6, 6.07) is 96.7. The molecule has 12 aromatic carbocycles. The summed E-state index contributed by atoms with van der Waals surface area (Å²) in [5.74, 6) is 0. The fourth-order valence-corrected chi connectivity index (χ4v) is 15.8. The topological polar surface area (TPSA) is 51.5 Å². The number of hydrogen-bond acceptors (Lipinski definition) is 3. The Morgan fingerprint density at radius 3 is 1.12 bits per heavy atom. The van der Waals surface area contributed by atoms with Gasteiger partial charge in [-0.1, -0.05) is 156 Å². The van der Waals surface area contributed by atoms with Crippen molar-refractivity contribution in [1.29, 1.82) is 5.26 Å². The predicted molar refractivity (Wildman–Crippen MR) is 376 cm³/mol. The first kappa shape index (κ1) is 52.2. The van der Waals surface area contributed by atoms with Crippen molar-refractivity contribution in [2.45, 2.75) is 34.6 Å². The summed E-state index contributed by atoms with van der Waals surface area (Å²) in [6.45, 7) is 10.6. The highest BCUT2D eigenvalue weighted by Crippen LogP contribution is 2.55. The van der Waals surface area contributed by atoms with Gasteiger partial charge in [0.05, 0.1) is 38.7 Å². The molecule has 17 rings (SSSR count). The van der Waals surface area contributed by atoms with E-state index < -0.39 is 0 Å². The molecule has 5 heterocycles. The molecular formula is C83H57N5S. The van der Waals surface area contributed by atoms with Gasteiger partial charge in [0, 0.05) is 92.1 Å². The third-order valence-electron chi connectivity index (χ3n) is 18.4. The van der Waals surface area contributed by atoms with Crippen molar-refractivity contribution in [2.75, 3.05) is 0 Å². The van der Waals surface area contributed by atoms with Gasteiger partial charge >= 0.3 is 0 Å². The molecular weight excluding hydrogens is 1100 g/mol. The van der Waals surface area contributed by atoms with Crippen LogP contribution < -0.4 is 0 Å². The van der Waals surface area contributed by atoms with Gasteiger partial charge in [0.2, 0.25) is 0 Å². The average molecular weight is 1160 g/mol. The van der Waals surface area contributed by atoms with Crippen LogP contribution in [0, 0.1) is 45.9 Å². The van der Waals surface area contributed by atoms with Crippen LogP contribution >= 0.6 is 11.3 Å². The lowest BCUT2D eigenvalue weighted by Crippen LogP contribution is -2.04. The number of nitrogens with zero attached hydrogens (tertiary/aromatic N) is 5. The van der Waals surface area contributed by atoms with E-state index in [0.717, 1.165) is 123 Å². The zero-order valence-electron chi connectivity index (χ0n) is 49.9. The van der Waals surface area contributed by atoms with E-state index in [4.69, 9.17) is 4.98 Å². The molecule has 6 heteroatoms. The molecule has 5 nitrogen and oxygen atoms in total. The molecule has 0 aliphatic rings. The molecule has 0 aliphatic carbocycles. The van der Waals surface area contributed by atoms with E-state index in [1.54, 1.807) is 11.3 Å². The summed E-state index contributed by atoms with van der Waals surface area (Å²) in [7, 11) is 0. The largest absolute Gasteiger partial charge is 0.309 e. The zero-order valence-corrected chi connectivity index (χ0v) is 50.7. The second-order valence-corrected chi connectivity index (χ2v) is 25.1. The molecule has 0 saturated heterocycles. The van der Waals surface area contributed by atoms with E-state index in [0.29, 0.717) is 5.56 Å². The Labute approximate surface area is 519 Å². The Kier molecular flexibility index (Phi) is 11.9. The Balaban J connectivity index is 1.01. The quantitative estimate of drug-likeness (QED) is 0.152. The van der Waals surface area contributed by atoms with Crippen LogP contribution in [-0.4, -0.2) is 18.7 Å².